The Hall–Kier alpha value is -2.72. The van der Waals surface area contributed by atoms with Gasteiger partial charge in [0.05, 0.1) is 36.6 Å². The number of nitrogens with one attached hydrogen (secondary N) is 1. The van der Waals surface area contributed by atoms with Gasteiger partial charge in [-0.05, 0) is 71.8 Å². The lowest BCUT2D eigenvalue weighted by molar-refractivity contribution is -0.123. The Morgan fingerprint density at radius 1 is 1.31 bits per heavy atom. The maximum atomic E-state index is 13.2. The molecule has 168 valence electrons. The molecule has 4 rings (SSSR count). The van der Waals surface area contributed by atoms with Crippen molar-refractivity contribution in [1.82, 2.24) is 15.0 Å². The second kappa shape index (κ2) is 9.41. The second-order valence-electron chi connectivity index (χ2n) is 7.50. The Labute approximate surface area is 197 Å². The van der Waals surface area contributed by atoms with Gasteiger partial charge in [-0.15, -0.1) is 11.3 Å². The summed E-state index contributed by atoms with van der Waals surface area (Å²) in [4.78, 5) is 32.3. The van der Waals surface area contributed by atoms with Crippen LogP contribution in [0.4, 0.5) is 0 Å². The number of benzene rings is 1. The van der Waals surface area contributed by atoms with Crippen LogP contribution in [0.5, 0.6) is 11.5 Å². The molecule has 1 amide bonds. The molecule has 1 aliphatic carbocycles. The topological polar surface area (TPSA) is 94.8 Å². The number of amides is 1. The number of fused-ring (bicyclic) bond motifs is 3. The van der Waals surface area contributed by atoms with Crippen molar-refractivity contribution in [2.45, 2.75) is 38.6 Å². The number of aryl methyl sites for hydroxylation is 2. The van der Waals surface area contributed by atoms with E-state index in [1.165, 1.54) is 22.0 Å². The smallest absolute Gasteiger partial charge is 0.263 e. The van der Waals surface area contributed by atoms with Gasteiger partial charge in [-0.2, -0.15) is 5.10 Å². The van der Waals surface area contributed by atoms with Gasteiger partial charge in [0.2, 0.25) is 0 Å². The zero-order valence-electron chi connectivity index (χ0n) is 18.0. The van der Waals surface area contributed by atoms with E-state index in [9.17, 15) is 9.59 Å². The largest absolute Gasteiger partial charge is 0.493 e. The van der Waals surface area contributed by atoms with Crippen molar-refractivity contribution < 1.29 is 14.3 Å². The number of methoxy groups -OCH3 is 2. The summed E-state index contributed by atoms with van der Waals surface area (Å²) in [7, 11) is 3.10. The fraction of sp³-hybridized carbons (Fsp3) is 0.364. The zero-order valence-corrected chi connectivity index (χ0v) is 20.4. The van der Waals surface area contributed by atoms with Crippen LogP contribution in [0.15, 0.2) is 32.8 Å². The van der Waals surface area contributed by atoms with E-state index in [1.807, 2.05) is 0 Å². The van der Waals surface area contributed by atoms with Gasteiger partial charge in [0, 0.05) is 4.88 Å². The number of ether oxygens (including phenoxy) is 2. The lowest BCUT2D eigenvalue weighted by atomic mass is 9.97. The Kier molecular flexibility index (Phi) is 6.61. The first-order chi connectivity index (χ1) is 15.4. The Balaban J connectivity index is 1.53. The summed E-state index contributed by atoms with van der Waals surface area (Å²) in [5, 5.41) is 4.69. The number of rotatable bonds is 6. The molecule has 0 bridgehead atoms. The van der Waals surface area contributed by atoms with Crippen LogP contribution in [-0.2, 0) is 17.6 Å². The minimum absolute atomic E-state index is 0.176. The van der Waals surface area contributed by atoms with E-state index >= 15 is 0 Å². The lowest BCUT2D eigenvalue weighted by Crippen LogP contribution is -2.34. The van der Waals surface area contributed by atoms with E-state index < -0.39 is 11.9 Å². The van der Waals surface area contributed by atoms with E-state index in [-0.39, 0.29) is 5.56 Å². The van der Waals surface area contributed by atoms with E-state index in [1.54, 1.807) is 44.6 Å². The van der Waals surface area contributed by atoms with Crippen molar-refractivity contribution in [1.29, 1.82) is 0 Å². The van der Waals surface area contributed by atoms with Crippen LogP contribution in [0.25, 0.3) is 10.2 Å². The van der Waals surface area contributed by atoms with Gasteiger partial charge in [-0.1, -0.05) is 0 Å². The molecule has 1 aromatic carbocycles. The van der Waals surface area contributed by atoms with Crippen LogP contribution in [0.3, 0.4) is 0 Å². The first-order valence-electron chi connectivity index (χ1n) is 10.2. The number of aromatic nitrogens is 2. The lowest BCUT2D eigenvalue weighted by Gasteiger charge is -2.14. The highest BCUT2D eigenvalue weighted by molar-refractivity contribution is 9.10. The van der Waals surface area contributed by atoms with Gasteiger partial charge in [0.15, 0.2) is 11.5 Å². The fourth-order valence-corrected chi connectivity index (χ4v) is 5.68. The number of nitrogens with zero attached hydrogens (tertiary/aromatic N) is 3. The summed E-state index contributed by atoms with van der Waals surface area (Å²) in [6.07, 6.45) is 7.04. The second-order valence-corrected chi connectivity index (χ2v) is 9.43. The molecule has 1 aliphatic rings. The average molecular weight is 519 g/mol. The molecule has 0 spiro atoms. The molecule has 8 nitrogen and oxygen atoms in total. The van der Waals surface area contributed by atoms with Crippen molar-refractivity contribution in [2.24, 2.45) is 5.10 Å². The third-order valence-corrected chi connectivity index (χ3v) is 7.33. The molecule has 0 fully saturated rings. The molecule has 0 saturated carbocycles. The highest BCUT2D eigenvalue weighted by Crippen LogP contribution is 2.36. The summed E-state index contributed by atoms with van der Waals surface area (Å²) in [5.74, 6) is 0.696. The minimum Gasteiger partial charge on any atom is -0.493 e. The monoisotopic (exact) mass is 518 g/mol. The maximum absolute atomic E-state index is 13.2. The molecule has 0 radical (unpaired) electrons. The van der Waals surface area contributed by atoms with Crippen molar-refractivity contribution in [3.63, 3.8) is 0 Å². The standard InChI is InChI=1S/C22H23BrN4O4S/c1-12(20(28)26-25-10-13-8-15(23)19(31-3)16(9-13)30-2)27-11-24-21-18(22(27)29)14-6-4-5-7-17(14)32-21/h8-12H,4-7H2,1-3H3,(H,26,28)/b25-10+. The molecular weight excluding hydrogens is 496 g/mol. The normalized spacial score (nSPS) is 14.4. The summed E-state index contributed by atoms with van der Waals surface area (Å²) in [6.45, 7) is 1.66. The first kappa shape index (κ1) is 22.5. The molecule has 1 unspecified atom stereocenters. The number of hydrazone groups is 1. The van der Waals surface area contributed by atoms with Gasteiger partial charge < -0.3 is 9.47 Å². The summed E-state index contributed by atoms with van der Waals surface area (Å²) in [5.41, 5.74) is 4.13. The number of carbonyl (C=O) groups excluding carboxylic acids is 1. The maximum Gasteiger partial charge on any atom is 0.263 e. The van der Waals surface area contributed by atoms with Gasteiger partial charge in [-0.25, -0.2) is 10.4 Å². The minimum atomic E-state index is -0.757. The van der Waals surface area contributed by atoms with Gasteiger partial charge in [0.1, 0.15) is 10.9 Å². The Morgan fingerprint density at radius 3 is 2.84 bits per heavy atom. The van der Waals surface area contributed by atoms with Crippen LogP contribution >= 0.6 is 27.3 Å². The Morgan fingerprint density at radius 2 is 2.09 bits per heavy atom. The summed E-state index contributed by atoms with van der Waals surface area (Å²) >= 11 is 5.02. The van der Waals surface area contributed by atoms with Crippen molar-refractivity contribution in [2.75, 3.05) is 14.2 Å². The third kappa shape index (κ3) is 4.16. The van der Waals surface area contributed by atoms with Crippen LogP contribution < -0.4 is 20.5 Å². The van der Waals surface area contributed by atoms with Gasteiger partial charge in [-0.3, -0.25) is 14.2 Å². The molecule has 32 heavy (non-hydrogen) atoms. The number of carbonyl (C=O) groups is 1. The fourth-order valence-electron chi connectivity index (χ4n) is 3.84. The first-order valence-corrected chi connectivity index (χ1v) is 11.8. The van der Waals surface area contributed by atoms with E-state index in [0.717, 1.165) is 36.1 Å². The summed E-state index contributed by atoms with van der Waals surface area (Å²) < 4.78 is 12.7. The van der Waals surface area contributed by atoms with Crippen molar-refractivity contribution in [3.05, 3.63) is 49.3 Å². The molecule has 1 atom stereocenters. The molecule has 2 heterocycles. The predicted molar refractivity (Wildman–Crippen MR) is 128 cm³/mol. The van der Waals surface area contributed by atoms with Gasteiger partial charge in [0.25, 0.3) is 11.5 Å². The van der Waals surface area contributed by atoms with Crippen molar-refractivity contribution in [3.8, 4) is 11.5 Å². The van der Waals surface area contributed by atoms with Crippen LogP contribution in [0, 0.1) is 0 Å². The number of hydrogen-bond donors (Lipinski definition) is 1. The van der Waals surface area contributed by atoms with E-state index in [2.05, 4.69) is 31.4 Å². The average Bonchev–Trinajstić information content (AvgIpc) is 3.17. The molecule has 10 heteroatoms. The van der Waals surface area contributed by atoms with E-state index in [4.69, 9.17) is 9.47 Å². The highest BCUT2D eigenvalue weighted by Gasteiger charge is 2.23. The van der Waals surface area contributed by atoms with Crippen LogP contribution in [-0.4, -0.2) is 35.9 Å². The molecule has 0 saturated heterocycles. The number of thiophene rings is 1. The Bertz CT molecular complexity index is 1270. The summed E-state index contributed by atoms with van der Waals surface area (Å²) in [6, 6.07) is 2.78. The van der Waals surface area contributed by atoms with Gasteiger partial charge >= 0.3 is 0 Å². The number of halogens is 1. The number of hydrogen-bond acceptors (Lipinski definition) is 7. The zero-order chi connectivity index (χ0) is 22.8. The van der Waals surface area contributed by atoms with E-state index in [0.29, 0.717) is 26.9 Å². The van der Waals surface area contributed by atoms with Crippen LogP contribution in [0.1, 0.15) is 41.8 Å². The predicted octanol–water partition coefficient (Wildman–Crippen LogP) is 3.83. The quantitative estimate of drug-likeness (QED) is 0.395. The van der Waals surface area contributed by atoms with Crippen molar-refractivity contribution >= 4 is 49.6 Å². The molecule has 1 N–H and O–H groups in total. The molecule has 2 aromatic heterocycles. The molecule has 3 aromatic rings. The third-order valence-electron chi connectivity index (χ3n) is 5.54. The highest BCUT2D eigenvalue weighted by atomic mass is 79.9. The SMILES string of the molecule is COc1cc(/C=N/NC(=O)C(C)n2cnc3sc4c(c3c2=O)CCCC4)cc(Br)c1OC. The molecular formula is C22H23BrN4O4S. The van der Waals surface area contributed by atoms with Crippen LogP contribution in [0.2, 0.25) is 0 Å². The molecule has 0 aliphatic heterocycles.